The Morgan fingerprint density at radius 3 is 2.56 bits per heavy atom. The van der Waals surface area contributed by atoms with Gasteiger partial charge in [0.1, 0.15) is 5.76 Å². The van der Waals surface area contributed by atoms with Gasteiger partial charge in [-0.25, -0.2) is 8.78 Å². The highest BCUT2D eigenvalue weighted by molar-refractivity contribution is 5.31. The predicted molar refractivity (Wildman–Crippen MR) is 65.3 cm³/mol. The fourth-order valence-electron chi connectivity index (χ4n) is 1.94. The van der Waals surface area contributed by atoms with E-state index < -0.39 is 11.6 Å². The molecule has 1 N–H and O–H groups in total. The largest absolute Gasteiger partial charge is 0.467 e. The summed E-state index contributed by atoms with van der Waals surface area (Å²) in [5, 5.41) is 3.21. The lowest BCUT2D eigenvalue weighted by Crippen LogP contribution is -2.22. The Bertz CT molecular complexity index is 536. The van der Waals surface area contributed by atoms with Gasteiger partial charge in [-0.1, -0.05) is 13.0 Å². The van der Waals surface area contributed by atoms with Crippen molar-refractivity contribution in [1.82, 2.24) is 5.32 Å². The van der Waals surface area contributed by atoms with Gasteiger partial charge < -0.3 is 9.73 Å². The van der Waals surface area contributed by atoms with Crippen molar-refractivity contribution in [3.63, 3.8) is 0 Å². The standard InChI is InChI=1S/C14H15F2NO/c1-3-17-13(14-9(2)6-7-18-14)10-4-5-11(15)12(16)8-10/h4-8,13,17H,3H2,1-2H3. The lowest BCUT2D eigenvalue weighted by atomic mass is 10.0. The van der Waals surface area contributed by atoms with Gasteiger partial charge in [-0.15, -0.1) is 0 Å². The molecule has 0 aliphatic rings. The van der Waals surface area contributed by atoms with E-state index >= 15 is 0 Å². The third-order valence-corrected chi connectivity index (χ3v) is 2.85. The molecule has 0 bridgehead atoms. The van der Waals surface area contributed by atoms with E-state index in [1.165, 1.54) is 6.07 Å². The maximum atomic E-state index is 13.3. The summed E-state index contributed by atoms with van der Waals surface area (Å²) in [4.78, 5) is 0. The van der Waals surface area contributed by atoms with Crippen LogP contribution in [0.2, 0.25) is 0 Å². The van der Waals surface area contributed by atoms with Crippen molar-refractivity contribution < 1.29 is 13.2 Å². The molecule has 96 valence electrons. The summed E-state index contributed by atoms with van der Waals surface area (Å²) in [5.41, 5.74) is 1.62. The average molecular weight is 251 g/mol. The van der Waals surface area contributed by atoms with Crippen LogP contribution in [-0.4, -0.2) is 6.54 Å². The van der Waals surface area contributed by atoms with Crippen molar-refractivity contribution in [1.29, 1.82) is 0 Å². The summed E-state index contributed by atoms with van der Waals surface area (Å²) in [5.74, 6) is -0.965. The smallest absolute Gasteiger partial charge is 0.159 e. The van der Waals surface area contributed by atoms with Crippen molar-refractivity contribution in [2.75, 3.05) is 6.54 Å². The van der Waals surface area contributed by atoms with E-state index in [1.54, 1.807) is 12.3 Å². The second kappa shape index (κ2) is 5.31. The first-order valence-electron chi connectivity index (χ1n) is 5.85. The Labute approximate surface area is 105 Å². The molecule has 1 atom stereocenters. The molecule has 4 heteroatoms. The van der Waals surface area contributed by atoms with Crippen LogP contribution < -0.4 is 5.32 Å². The summed E-state index contributed by atoms with van der Waals surface area (Å²) in [7, 11) is 0. The topological polar surface area (TPSA) is 25.2 Å². The van der Waals surface area contributed by atoms with Gasteiger partial charge in [-0.2, -0.15) is 0 Å². The molecule has 0 fully saturated rings. The van der Waals surface area contributed by atoms with E-state index in [-0.39, 0.29) is 6.04 Å². The van der Waals surface area contributed by atoms with Gasteiger partial charge in [0.25, 0.3) is 0 Å². The van der Waals surface area contributed by atoms with Gasteiger partial charge in [0.15, 0.2) is 11.6 Å². The van der Waals surface area contributed by atoms with Gasteiger partial charge in [0.05, 0.1) is 12.3 Å². The van der Waals surface area contributed by atoms with Crippen molar-refractivity contribution in [2.45, 2.75) is 19.9 Å². The average Bonchev–Trinajstić information content (AvgIpc) is 2.76. The van der Waals surface area contributed by atoms with Crippen LogP contribution in [0.25, 0.3) is 0 Å². The molecule has 0 saturated carbocycles. The molecule has 18 heavy (non-hydrogen) atoms. The Balaban J connectivity index is 2.41. The van der Waals surface area contributed by atoms with Crippen LogP contribution in [0.5, 0.6) is 0 Å². The first-order chi connectivity index (χ1) is 8.63. The molecular formula is C14H15F2NO. The zero-order chi connectivity index (χ0) is 13.1. The molecule has 0 aliphatic carbocycles. The monoisotopic (exact) mass is 251 g/mol. The molecule has 1 aromatic heterocycles. The van der Waals surface area contributed by atoms with E-state index in [0.717, 1.165) is 17.4 Å². The quantitative estimate of drug-likeness (QED) is 0.898. The fraction of sp³-hybridized carbons (Fsp3) is 0.286. The highest BCUT2D eigenvalue weighted by Crippen LogP contribution is 2.26. The third-order valence-electron chi connectivity index (χ3n) is 2.85. The Kier molecular flexibility index (Phi) is 3.77. The minimum atomic E-state index is -0.848. The van der Waals surface area contributed by atoms with Gasteiger partial charge >= 0.3 is 0 Å². The molecule has 0 saturated heterocycles. The lowest BCUT2D eigenvalue weighted by Gasteiger charge is -2.17. The van der Waals surface area contributed by atoms with E-state index in [1.807, 2.05) is 19.9 Å². The van der Waals surface area contributed by atoms with E-state index in [9.17, 15) is 8.78 Å². The number of rotatable bonds is 4. The highest BCUT2D eigenvalue weighted by Gasteiger charge is 2.19. The van der Waals surface area contributed by atoms with Crippen molar-refractivity contribution in [3.05, 3.63) is 59.1 Å². The Morgan fingerprint density at radius 1 is 1.22 bits per heavy atom. The van der Waals surface area contributed by atoms with Crippen molar-refractivity contribution >= 4 is 0 Å². The Hall–Kier alpha value is -1.68. The SMILES string of the molecule is CCNC(c1ccc(F)c(F)c1)c1occc1C. The molecule has 2 aromatic rings. The lowest BCUT2D eigenvalue weighted by molar-refractivity contribution is 0.445. The number of hydrogen-bond donors (Lipinski definition) is 1. The molecule has 0 radical (unpaired) electrons. The first-order valence-corrected chi connectivity index (χ1v) is 5.85. The van der Waals surface area contributed by atoms with Gasteiger partial charge in [-0.05, 0) is 42.8 Å². The second-order valence-electron chi connectivity index (χ2n) is 4.13. The molecule has 1 unspecified atom stereocenters. The molecule has 0 spiro atoms. The molecule has 0 amide bonds. The van der Waals surface area contributed by atoms with Crippen LogP contribution >= 0.6 is 0 Å². The minimum Gasteiger partial charge on any atom is -0.467 e. The fourth-order valence-corrected chi connectivity index (χ4v) is 1.94. The molecule has 2 nitrogen and oxygen atoms in total. The first kappa shape index (κ1) is 12.8. The van der Waals surface area contributed by atoms with E-state index in [2.05, 4.69) is 5.32 Å². The molecule has 1 heterocycles. The van der Waals surface area contributed by atoms with Crippen molar-refractivity contribution in [2.24, 2.45) is 0 Å². The van der Waals surface area contributed by atoms with Gasteiger partial charge in [0, 0.05) is 0 Å². The maximum absolute atomic E-state index is 13.3. The number of aryl methyl sites for hydroxylation is 1. The number of furan rings is 1. The van der Waals surface area contributed by atoms with Crippen molar-refractivity contribution in [3.8, 4) is 0 Å². The third kappa shape index (κ3) is 2.43. The zero-order valence-corrected chi connectivity index (χ0v) is 10.3. The van der Waals surface area contributed by atoms with Gasteiger partial charge in [0.2, 0.25) is 0 Å². The summed E-state index contributed by atoms with van der Waals surface area (Å²) >= 11 is 0. The summed E-state index contributed by atoms with van der Waals surface area (Å²) in [6, 6.07) is 5.48. The molecule has 0 aliphatic heterocycles. The number of halogens is 2. The van der Waals surface area contributed by atoms with Crippen LogP contribution in [0.3, 0.4) is 0 Å². The van der Waals surface area contributed by atoms with E-state index in [0.29, 0.717) is 12.1 Å². The van der Waals surface area contributed by atoms with E-state index in [4.69, 9.17) is 4.42 Å². The normalized spacial score (nSPS) is 12.7. The maximum Gasteiger partial charge on any atom is 0.159 e. The van der Waals surface area contributed by atoms with Crippen LogP contribution in [0.1, 0.15) is 29.9 Å². The van der Waals surface area contributed by atoms with Crippen LogP contribution in [0.4, 0.5) is 8.78 Å². The summed E-state index contributed by atoms with van der Waals surface area (Å²) in [6.45, 7) is 4.57. The van der Waals surface area contributed by atoms with Crippen LogP contribution in [0.15, 0.2) is 34.9 Å². The highest BCUT2D eigenvalue weighted by atomic mass is 19.2. The molecular weight excluding hydrogens is 236 g/mol. The number of nitrogens with one attached hydrogen (secondary N) is 1. The summed E-state index contributed by atoms with van der Waals surface area (Å²) < 4.78 is 31.7. The van der Waals surface area contributed by atoms with Crippen LogP contribution in [0, 0.1) is 18.6 Å². The summed E-state index contributed by atoms with van der Waals surface area (Å²) in [6.07, 6.45) is 1.59. The predicted octanol–water partition coefficient (Wildman–Crippen LogP) is 3.57. The molecule has 1 aromatic carbocycles. The Morgan fingerprint density at radius 2 is 2.00 bits per heavy atom. The number of hydrogen-bond acceptors (Lipinski definition) is 2. The minimum absolute atomic E-state index is 0.264. The van der Waals surface area contributed by atoms with Gasteiger partial charge in [-0.3, -0.25) is 0 Å². The molecule has 2 rings (SSSR count). The number of benzene rings is 1. The van der Waals surface area contributed by atoms with Crippen LogP contribution in [-0.2, 0) is 0 Å². The second-order valence-corrected chi connectivity index (χ2v) is 4.13. The zero-order valence-electron chi connectivity index (χ0n) is 10.3.